The summed E-state index contributed by atoms with van der Waals surface area (Å²) in [7, 11) is 0. The Bertz CT molecular complexity index is 403. The van der Waals surface area contributed by atoms with Crippen molar-refractivity contribution < 1.29 is 9.90 Å². The van der Waals surface area contributed by atoms with Crippen LogP contribution in [-0.2, 0) is 4.79 Å². The van der Waals surface area contributed by atoms with Gasteiger partial charge in [-0.1, -0.05) is 30.3 Å². The van der Waals surface area contributed by atoms with Crippen LogP contribution < -0.4 is 0 Å². The van der Waals surface area contributed by atoms with Gasteiger partial charge in [0.25, 0.3) is 0 Å². The Morgan fingerprint density at radius 2 is 1.88 bits per heavy atom. The summed E-state index contributed by atoms with van der Waals surface area (Å²) in [5, 5.41) is 9.31. The van der Waals surface area contributed by atoms with E-state index in [1.807, 2.05) is 30.3 Å². The quantitative estimate of drug-likeness (QED) is 0.840. The van der Waals surface area contributed by atoms with Crippen molar-refractivity contribution >= 4 is 5.97 Å². The summed E-state index contributed by atoms with van der Waals surface area (Å²) in [4.78, 5) is 13.4. The average Bonchev–Trinajstić information content (AvgIpc) is 2.98. The van der Waals surface area contributed by atoms with Gasteiger partial charge >= 0.3 is 5.97 Å². The van der Waals surface area contributed by atoms with Gasteiger partial charge in [-0.25, -0.2) is 0 Å². The summed E-state index contributed by atoms with van der Waals surface area (Å²) in [5.74, 6) is -0.735. The van der Waals surface area contributed by atoms with Gasteiger partial charge < -0.3 is 5.11 Å². The summed E-state index contributed by atoms with van der Waals surface area (Å²) in [6, 6.07) is 9.07. The Kier molecular flexibility index (Phi) is 2.04. The van der Waals surface area contributed by atoms with Crippen molar-refractivity contribution in [3.05, 3.63) is 35.9 Å². The van der Waals surface area contributed by atoms with Crippen LogP contribution in [0.2, 0.25) is 0 Å². The Hall–Kier alpha value is -1.35. The molecule has 2 fully saturated rings. The highest BCUT2D eigenvalue weighted by molar-refractivity contribution is 5.75. The standard InChI is InChI=1S/C13H15NO2/c15-12(16)11(10-4-2-1-3-5-10)14-8-13(9-14)6-7-13/h1-5,11H,6-9H2,(H,15,16). The smallest absolute Gasteiger partial charge is 0.325 e. The minimum absolute atomic E-state index is 0.451. The maximum absolute atomic E-state index is 11.3. The lowest BCUT2D eigenvalue weighted by atomic mass is 9.92. The Balaban J connectivity index is 1.79. The zero-order chi connectivity index (χ0) is 11.2. The normalized spacial score (nSPS) is 23.8. The molecule has 1 aromatic carbocycles. The lowest BCUT2D eigenvalue weighted by molar-refractivity contribution is -0.147. The SMILES string of the molecule is O=C(O)C(c1ccccc1)N1CC2(CC2)C1. The van der Waals surface area contributed by atoms with Gasteiger partial charge in [0.05, 0.1) is 0 Å². The molecule has 0 amide bonds. The summed E-state index contributed by atoms with van der Waals surface area (Å²) < 4.78 is 0. The molecule has 3 heteroatoms. The first kappa shape index (κ1) is 9.85. The number of carboxylic acids is 1. The zero-order valence-corrected chi connectivity index (χ0v) is 9.10. The molecular formula is C13H15NO2. The zero-order valence-electron chi connectivity index (χ0n) is 9.10. The third-order valence-electron chi connectivity index (χ3n) is 3.75. The molecule has 1 aliphatic heterocycles. The highest BCUT2D eigenvalue weighted by Gasteiger charge is 2.54. The molecule has 0 aromatic heterocycles. The lowest BCUT2D eigenvalue weighted by Crippen LogP contribution is -2.51. The summed E-state index contributed by atoms with van der Waals surface area (Å²) >= 11 is 0. The van der Waals surface area contributed by atoms with Gasteiger partial charge in [-0.05, 0) is 23.8 Å². The van der Waals surface area contributed by atoms with E-state index in [0.29, 0.717) is 5.41 Å². The van der Waals surface area contributed by atoms with E-state index >= 15 is 0 Å². The molecule has 1 saturated carbocycles. The number of hydrogen-bond acceptors (Lipinski definition) is 2. The van der Waals surface area contributed by atoms with Crippen molar-refractivity contribution in [2.24, 2.45) is 5.41 Å². The molecule has 1 spiro atoms. The largest absolute Gasteiger partial charge is 0.480 e. The summed E-state index contributed by atoms with van der Waals surface area (Å²) in [6.45, 7) is 1.91. The summed E-state index contributed by atoms with van der Waals surface area (Å²) in [5.41, 5.74) is 1.40. The second kappa shape index (κ2) is 3.32. The fraction of sp³-hybridized carbons (Fsp3) is 0.462. The predicted molar refractivity (Wildman–Crippen MR) is 60.1 cm³/mol. The Morgan fingerprint density at radius 1 is 1.25 bits per heavy atom. The fourth-order valence-corrected chi connectivity index (χ4v) is 2.64. The van der Waals surface area contributed by atoms with E-state index < -0.39 is 12.0 Å². The van der Waals surface area contributed by atoms with Gasteiger partial charge in [0.15, 0.2) is 0 Å². The Labute approximate surface area is 94.7 Å². The maximum atomic E-state index is 11.3. The first-order chi connectivity index (χ1) is 7.70. The third-order valence-corrected chi connectivity index (χ3v) is 3.75. The average molecular weight is 217 g/mol. The first-order valence-electron chi connectivity index (χ1n) is 5.72. The minimum atomic E-state index is -0.735. The van der Waals surface area contributed by atoms with Crippen LogP contribution in [0, 0.1) is 5.41 Å². The van der Waals surface area contributed by atoms with Gasteiger partial charge in [-0.15, -0.1) is 0 Å². The van der Waals surface area contributed by atoms with Crippen molar-refractivity contribution in [3.8, 4) is 0 Å². The molecule has 1 atom stereocenters. The molecule has 1 aliphatic carbocycles. The molecular weight excluding hydrogens is 202 g/mol. The molecule has 3 rings (SSSR count). The van der Waals surface area contributed by atoms with Gasteiger partial charge in [0.1, 0.15) is 6.04 Å². The van der Waals surface area contributed by atoms with E-state index in [4.69, 9.17) is 0 Å². The highest BCUT2D eigenvalue weighted by Crippen LogP contribution is 2.54. The minimum Gasteiger partial charge on any atom is -0.480 e. The second-order valence-electron chi connectivity index (χ2n) is 5.06. The highest BCUT2D eigenvalue weighted by atomic mass is 16.4. The number of benzene rings is 1. The van der Waals surface area contributed by atoms with Gasteiger partial charge in [0, 0.05) is 13.1 Å². The van der Waals surface area contributed by atoms with Crippen LogP contribution >= 0.6 is 0 Å². The molecule has 16 heavy (non-hydrogen) atoms. The van der Waals surface area contributed by atoms with Crippen LogP contribution in [0.15, 0.2) is 30.3 Å². The van der Waals surface area contributed by atoms with Gasteiger partial charge in [-0.3, -0.25) is 9.69 Å². The number of carboxylic acid groups (broad SMARTS) is 1. The van der Waals surface area contributed by atoms with Crippen molar-refractivity contribution in [2.45, 2.75) is 18.9 Å². The molecule has 0 radical (unpaired) electrons. The Morgan fingerprint density at radius 3 is 2.38 bits per heavy atom. The third kappa shape index (κ3) is 1.52. The number of carbonyl (C=O) groups is 1. The van der Waals surface area contributed by atoms with Crippen molar-refractivity contribution in [1.29, 1.82) is 0 Å². The first-order valence-corrected chi connectivity index (χ1v) is 5.72. The molecule has 1 heterocycles. The van der Waals surface area contributed by atoms with Gasteiger partial charge in [0.2, 0.25) is 0 Å². The number of hydrogen-bond donors (Lipinski definition) is 1. The van der Waals surface area contributed by atoms with Crippen LogP contribution in [0.1, 0.15) is 24.4 Å². The van der Waals surface area contributed by atoms with E-state index in [1.54, 1.807) is 0 Å². The van der Waals surface area contributed by atoms with Gasteiger partial charge in [-0.2, -0.15) is 0 Å². The van der Waals surface area contributed by atoms with E-state index in [-0.39, 0.29) is 0 Å². The predicted octanol–water partition coefficient (Wildman–Crippen LogP) is 1.91. The van der Waals surface area contributed by atoms with Crippen LogP contribution in [0.25, 0.3) is 0 Å². The number of rotatable bonds is 3. The van der Waals surface area contributed by atoms with Crippen molar-refractivity contribution in [1.82, 2.24) is 4.90 Å². The molecule has 1 unspecified atom stereocenters. The molecule has 84 valence electrons. The number of nitrogens with zero attached hydrogens (tertiary/aromatic N) is 1. The van der Waals surface area contributed by atoms with E-state index in [9.17, 15) is 9.90 Å². The summed E-state index contributed by atoms with van der Waals surface area (Å²) in [6.07, 6.45) is 2.56. The van der Waals surface area contributed by atoms with Crippen LogP contribution in [0.5, 0.6) is 0 Å². The van der Waals surface area contributed by atoms with E-state index in [2.05, 4.69) is 4.90 Å². The van der Waals surface area contributed by atoms with E-state index in [1.165, 1.54) is 12.8 Å². The molecule has 2 aliphatic rings. The van der Waals surface area contributed by atoms with Crippen LogP contribution in [0.4, 0.5) is 0 Å². The lowest BCUT2D eigenvalue weighted by Gasteiger charge is -2.43. The van der Waals surface area contributed by atoms with Crippen LogP contribution in [-0.4, -0.2) is 29.1 Å². The van der Waals surface area contributed by atoms with Crippen molar-refractivity contribution in [2.75, 3.05) is 13.1 Å². The second-order valence-corrected chi connectivity index (χ2v) is 5.06. The maximum Gasteiger partial charge on any atom is 0.325 e. The molecule has 3 nitrogen and oxygen atoms in total. The molecule has 0 bridgehead atoms. The van der Waals surface area contributed by atoms with Crippen molar-refractivity contribution in [3.63, 3.8) is 0 Å². The van der Waals surface area contributed by atoms with E-state index in [0.717, 1.165) is 18.7 Å². The molecule has 1 N–H and O–H groups in total. The topological polar surface area (TPSA) is 40.5 Å². The number of likely N-dealkylation sites (tertiary alicyclic amines) is 1. The van der Waals surface area contributed by atoms with Crippen LogP contribution in [0.3, 0.4) is 0 Å². The molecule has 1 saturated heterocycles. The molecule has 1 aromatic rings. The monoisotopic (exact) mass is 217 g/mol. The number of aliphatic carboxylic acids is 1. The fourth-order valence-electron chi connectivity index (χ4n) is 2.64.